The number of para-hydroxylation sites is 1. The Labute approximate surface area is 122 Å². The summed E-state index contributed by atoms with van der Waals surface area (Å²) in [5.41, 5.74) is 6.61. The Hall–Kier alpha value is -1.40. The second-order valence-electron chi connectivity index (χ2n) is 3.47. The quantitative estimate of drug-likeness (QED) is 0.471. The fraction of sp³-hybridized carbons (Fsp3) is 0.333. The number of nitrogens with two attached hydrogens (primary N) is 1. The Kier molecular flexibility index (Phi) is 8.82. The lowest BCUT2D eigenvalue weighted by molar-refractivity contribution is -0.137. The average Bonchev–Trinajstić information content (AvgIpc) is 2.38. The fourth-order valence-electron chi connectivity index (χ4n) is 1.25. The van der Waals surface area contributed by atoms with Gasteiger partial charge in [-0.1, -0.05) is 12.1 Å². The lowest BCUT2D eigenvalue weighted by atomic mass is 10.2. The van der Waals surface area contributed by atoms with Crippen LogP contribution in [0.4, 0.5) is 5.69 Å². The van der Waals surface area contributed by atoms with E-state index in [9.17, 15) is 9.59 Å². The summed E-state index contributed by atoms with van der Waals surface area (Å²) in [7, 11) is 1.35. The van der Waals surface area contributed by atoms with E-state index in [2.05, 4.69) is 10.1 Å². The molecule has 0 fully saturated rings. The third-order valence-corrected chi connectivity index (χ3v) is 3.12. The molecule has 1 aromatic carbocycles. The van der Waals surface area contributed by atoms with E-state index in [0.717, 1.165) is 0 Å². The summed E-state index contributed by atoms with van der Waals surface area (Å²) in [4.78, 5) is 22.6. The van der Waals surface area contributed by atoms with Gasteiger partial charge in [0.25, 0.3) is 5.91 Å². The van der Waals surface area contributed by atoms with Crippen LogP contribution in [0.5, 0.6) is 0 Å². The standard InChI is InChI=1S/C12H16N2O3S.ClH/c1-17-11(15)8-18-7-6-14-12(16)9-4-2-3-5-10(9)13;/h2-5H,6-8,13H2,1H3,(H,14,16);1H. The van der Waals surface area contributed by atoms with Crippen LogP contribution >= 0.6 is 24.2 Å². The summed E-state index contributed by atoms with van der Waals surface area (Å²) in [6.07, 6.45) is 0. The molecular weight excluding hydrogens is 288 g/mol. The molecule has 1 rings (SSSR count). The van der Waals surface area contributed by atoms with Crippen molar-refractivity contribution in [3.8, 4) is 0 Å². The summed E-state index contributed by atoms with van der Waals surface area (Å²) >= 11 is 1.41. The van der Waals surface area contributed by atoms with E-state index in [1.165, 1.54) is 18.9 Å². The Balaban J connectivity index is 0.00000324. The van der Waals surface area contributed by atoms with E-state index in [-0.39, 0.29) is 24.3 Å². The fourth-order valence-corrected chi connectivity index (χ4v) is 1.93. The summed E-state index contributed by atoms with van der Waals surface area (Å²) in [6, 6.07) is 6.89. The monoisotopic (exact) mass is 304 g/mol. The third kappa shape index (κ3) is 6.35. The van der Waals surface area contributed by atoms with Crippen LogP contribution in [0.1, 0.15) is 10.4 Å². The molecule has 0 saturated carbocycles. The number of ether oxygens (including phenoxy) is 1. The molecule has 0 aliphatic carbocycles. The summed E-state index contributed by atoms with van der Waals surface area (Å²) < 4.78 is 4.50. The second-order valence-corrected chi connectivity index (χ2v) is 4.58. The van der Waals surface area contributed by atoms with Gasteiger partial charge in [0.1, 0.15) is 0 Å². The van der Waals surface area contributed by atoms with Gasteiger partial charge in [0.2, 0.25) is 0 Å². The molecule has 1 aromatic rings. The van der Waals surface area contributed by atoms with Crippen molar-refractivity contribution < 1.29 is 14.3 Å². The summed E-state index contributed by atoms with van der Waals surface area (Å²) in [5.74, 6) is 0.471. The van der Waals surface area contributed by atoms with Crippen LogP contribution in [0.3, 0.4) is 0 Å². The molecule has 5 nitrogen and oxygen atoms in total. The van der Waals surface area contributed by atoms with E-state index < -0.39 is 0 Å². The zero-order valence-corrected chi connectivity index (χ0v) is 12.2. The molecule has 0 radical (unpaired) electrons. The highest BCUT2D eigenvalue weighted by molar-refractivity contribution is 7.99. The van der Waals surface area contributed by atoms with E-state index in [1.807, 2.05) is 0 Å². The summed E-state index contributed by atoms with van der Waals surface area (Å²) in [5, 5.41) is 2.74. The number of carbonyl (C=O) groups is 2. The van der Waals surface area contributed by atoms with E-state index in [4.69, 9.17) is 5.73 Å². The third-order valence-electron chi connectivity index (χ3n) is 2.18. The number of halogens is 1. The molecule has 0 heterocycles. The van der Waals surface area contributed by atoms with Crippen molar-refractivity contribution >= 4 is 41.7 Å². The molecule has 3 N–H and O–H groups in total. The highest BCUT2D eigenvalue weighted by Gasteiger charge is 2.07. The van der Waals surface area contributed by atoms with Gasteiger partial charge < -0.3 is 15.8 Å². The number of hydrogen-bond acceptors (Lipinski definition) is 5. The molecule has 0 aromatic heterocycles. The lowest BCUT2D eigenvalue weighted by Crippen LogP contribution is -2.26. The highest BCUT2D eigenvalue weighted by atomic mass is 35.5. The minimum absolute atomic E-state index is 0. The van der Waals surface area contributed by atoms with Gasteiger partial charge in [-0.3, -0.25) is 9.59 Å². The molecule has 0 spiro atoms. The first-order chi connectivity index (χ1) is 8.65. The molecule has 1 amide bonds. The van der Waals surface area contributed by atoms with Crippen LogP contribution in [0.2, 0.25) is 0 Å². The van der Waals surface area contributed by atoms with Gasteiger partial charge in [-0.05, 0) is 12.1 Å². The number of nitrogens with one attached hydrogen (secondary N) is 1. The normalized spacial score (nSPS) is 9.32. The van der Waals surface area contributed by atoms with E-state index in [0.29, 0.717) is 29.3 Å². The van der Waals surface area contributed by atoms with Crippen LogP contribution in [-0.4, -0.2) is 37.0 Å². The van der Waals surface area contributed by atoms with Crippen LogP contribution in [-0.2, 0) is 9.53 Å². The van der Waals surface area contributed by atoms with Crippen LogP contribution in [0.25, 0.3) is 0 Å². The van der Waals surface area contributed by atoms with Crippen LogP contribution < -0.4 is 11.1 Å². The number of carbonyl (C=O) groups excluding carboxylic acids is 2. The van der Waals surface area contributed by atoms with Crippen molar-refractivity contribution in [2.24, 2.45) is 0 Å². The Bertz CT molecular complexity index is 429. The molecule has 0 saturated heterocycles. The van der Waals surface area contributed by atoms with Crippen molar-refractivity contribution in [2.45, 2.75) is 0 Å². The SMILES string of the molecule is COC(=O)CSCCNC(=O)c1ccccc1N.Cl. The Morgan fingerprint density at radius 3 is 2.68 bits per heavy atom. The first kappa shape index (κ1) is 17.6. The smallest absolute Gasteiger partial charge is 0.315 e. The number of amides is 1. The molecule has 0 bridgehead atoms. The first-order valence-electron chi connectivity index (χ1n) is 5.42. The minimum atomic E-state index is -0.265. The maximum atomic E-state index is 11.7. The first-order valence-corrected chi connectivity index (χ1v) is 6.58. The number of benzene rings is 1. The van der Waals surface area contributed by atoms with E-state index in [1.54, 1.807) is 24.3 Å². The van der Waals surface area contributed by atoms with Gasteiger partial charge in [-0.15, -0.1) is 24.2 Å². The van der Waals surface area contributed by atoms with Crippen molar-refractivity contribution in [3.05, 3.63) is 29.8 Å². The maximum absolute atomic E-state index is 11.7. The topological polar surface area (TPSA) is 81.4 Å². The predicted octanol–water partition coefficient (Wildman–Crippen LogP) is 1.33. The maximum Gasteiger partial charge on any atom is 0.315 e. The van der Waals surface area contributed by atoms with Crippen molar-refractivity contribution in [1.82, 2.24) is 5.32 Å². The lowest BCUT2D eigenvalue weighted by Gasteiger charge is -2.06. The predicted molar refractivity (Wildman–Crippen MR) is 79.8 cm³/mol. The number of hydrogen-bond donors (Lipinski definition) is 2. The van der Waals surface area contributed by atoms with Gasteiger partial charge >= 0.3 is 5.97 Å². The number of nitrogen functional groups attached to an aromatic ring is 1. The van der Waals surface area contributed by atoms with Gasteiger partial charge in [-0.2, -0.15) is 0 Å². The molecule has 0 atom stereocenters. The average molecular weight is 305 g/mol. The number of esters is 1. The van der Waals surface area contributed by atoms with Crippen molar-refractivity contribution in [3.63, 3.8) is 0 Å². The van der Waals surface area contributed by atoms with Gasteiger partial charge in [0, 0.05) is 18.0 Å². The molecular formula is C12H17ClN2O3S. The number of methoxy groups -OCH3 is 1. The number of rotatable bonds is 6. The van der Waals surface area contributed by atoms with Gasteiger partial charge in [-0.25, -0.2) is 0 Å². The molecule has 19 heavy (non-hydrogen) atoms. The van der Waals surface area contributed by atoms with Crippen molar-refractivity contribution in [2.75, 3.05) is 30.9 Å². The second kappa shape index (κ2) is 9.52. The Morgan fingerprint density at radius 2 is 2.05 bits per heavy atom. The Morgan fingerprint density at radius 1 is 1.37 bits per heavy atom. The van der Waals surface area contributed by atoms with Crippen LogP contribution in [0.15, 0.2) is 24.3 Å². The zero-order chi connectivity index (χ0) is 13.4. The van der Waals surface area contributed by atoms with Gasteiger partial charge in [0.05, 0.1) is 18.4 Å². The molecule has 0 aliphatic heterocycles. The van der Waals surface area contributed by atoms with Crippen LogP contribution in [0, 0.1) is 0 Å². The minimum Gasteiger partial charge on any atom is -0.468 e. The molecule has 0 unspecified atom stereocenters. The van der Waals surface area contributed by atoms with Gasteiger partial charge in [0.15, 0.2) is 0 Å². The molecule has 106 valence electrons. The highest BCUT2D eigenvalue weighted by Crippen LogP contribution is 2.09. The number of anilines is 1. The zero-order valence-electron chi connectivity index (χ0n) is 10.5. The summed E-state index contributed by atoms with van der Waals surface area (Å²) in [6.45, 7) is 0.481. The molecule has 0 aliphatic rings. The van der Waals surface area contributed by atoms with Crippen molar-refractivity contribution in [1.29, 1.82) is 0 Å². The van der Waals surface area contributed by atoms with E-state index >= 15 is 0 Å². The molecule has 7 heteroatoms. The largest absolute Gasteiger partial charge is 0.468 e. The number of thioether (sulfide) groups is 1.